The van der Waals surface area contributed by atoms with E-state index in [1.807, 2.05) is 0 Å². The highest BCUT2D eigenvalue weighted by Gasteiger charge is 2.21. The Kier molecular flexibility index (Phi) is 3.18. The molecule has 1 unspecified atom stereocenters. The topological polar surface area (TPSA) is 29.5 Å². The van der Waals surface area contributed by atoms with Crippen LogP contribution in [0.25, 0.3) is 0 Å². The Hall–Kier alpha value is -1.94. The molecule has 104 valence electrons. The van der Waals surface area contributed by atoms with E-state index in [9.17, 15) is 13.9 Å². The summed E-state index contributed by atoms with van der Waals surface area (Å²) < 4.78 is 32.9. The van der Waals surface area contributed by atoms with Crippen LogP contribution < -0.4 is 4.74 Å². The number of halogens is 2. The van der Waals surface area contributed by atoms with Crippen LogP contribution in [-0.2, 0) is 6.42 Å². The van der Waals surface area contributed by atoms with Crippen molar-refractivity contribution in [2.75, 3.05) is 6.61 Å². The van der Waals surface area contributed by atoms with Crippen molar-refractivity contribution in [3.05, 3.63) is 64.2 Å². The molecule has 1 N–H and O–H groups in total. The molecule has 1 atom stereocenters. The van der Waals surface area contributed by atoms with E-state index in [0.717, 1.165) is 17.7 Å². The zero-order valence-electron chi connectivity index (χ0n) is 11.0. The minimum Gasteiger partial charge on any atom is -0.493 e. The lowest BCUT2D eigenvalue weighted by Gasteiger charge is -2.14. The van der Waals surface area contributed by atoms with Gasteiger partial charge in [0.15, 0.2) is 11.6 Å². The zero-order valence-corrected chi connectivity index (χ0v) is 11.0. The molecule has 2 aromatic rings. The summed E-state index contributed by atoms with van der Waals surface area (Å²) in [6.45, 7) is 2.10. The van der Waals surface area contributed by atoms with Crippen LogP contribution >= 0.6 is 0 Å². The van der Waals surface area contributed by atoms with Crippen molar-refractivity contribution in [3.8, 4) is 5.75 Å². The van der Waals surface area contributed by atoms with Crippen LogP contribution in [0.1, 0.15) is 28.4 Å². The van der Waals surface area contributed by atoms with Gasteiger partial charge in [0.25, 0.3) is 0 Å². The van der Waals surface area contributed by atoms with E-state index in [0.29, 0.717) is 12.2 Å². The summed E-state index contributed by atoms with van der Waals surface area (Å²) in [7, 11) is 0. The SMILES string of the molecule is Cc1ccc(C(O)c2ccc3c(c2)CCO3)c(F)c1F. The molecule has 3 rings (SSSR count). The van der Waals surface area contributed by atoms with E-state index in [1.54, 1.807) is 18.2 Å². The number of rotatable bonds is 2. The third kappa shape index (κ3) is 2.06. The molecule has 2 nitrogen and oxygen atoms in total. The largest absolute Gasteiger partial charge is 0.493 e. The van der Waals surface area contributed by atoms with E-state index in [2.05, 4.69) is 0 Å². The maximum atomic E-state index is 13.9. The molecule has 0 saturated heterocycles. The Labute approximate surface area is 115 Å². The van der Waals surface area contributed by atoms with E-state index in [-0.39, 0.29) is 11.1 Å². The second-order valence-electron chi connectivity index (χ2n) is 4.97. The molecule has 4 heteroatoms. The molecule has 2 aromatic carbocycles. The predicted molar refractivity (Wildman–Crippen MR) is 70.8 cm³/mol. The van der Waals surface area contributed by atoms with E-state index in [4.69, 9.17) is 4.74 Å². The Morgan fingerprint density at radius 2 is 1.95 bits per heavy atom. The third-order valence-electron chi connectivity index (χ3n) is 3.63. The number of ether oxygens (including phenoxy) is 1. The first kappa shape index (κ1) is 13.1. The van der Waals surface area contributed by atoms with Crippen molar-refractivity contribution in [2.45, 2.75) is 19.4 Å². The van der Waals surface area contributed by atoms with Crippen molar-refractivity contribution in [2.24, 2.45) is 0 Å². The minimum atomic E-state index is -1.18. The Morgan fingerprint density at radius 3 is 2.75 bits per heavy atom. The summed E-state index contributed by atoms with van der Waals surface area (Å²) in [5.74, 6) is -1.11. The van der Waals surface area contributed by atoms with Gasteiger partial charge in [0.1, 0.15) is 11.9 Å². The average molecular weight is 276 g/mol. The van der Waals surface area contributed by atoms with Gasteiger partial charge in [0.2, 0.25) is 0 Å². The second-order valence-corrected chi connectivity index (χ2v) is 4.97. The van der Waals surface area contributed by atoms with Crippen LogP contribution in [0.5, 0.6) is 5.75 Å². The van der Waals surface area contributed by atoms with Crippen LogP contribution in [0.4, 0.5) is 8.78 Å². The lowest BCUT2D eigenvalue weighted by Crippen LogP contribution is -2.05. The van der Waals surface area contributed by atoms with E-state index in [1.165, 1.54) is 19.1 Å². The maximum Gasteiger partial charge on any atom is 0.165 e. The molecular formula is C16H14F2O2. The van der Waals surface area contributed by atoms with Gasteiger partial charge in [-0.3, -0.25) is 0 Å². The number of aliphatic hydroxyl groups is 1. The number of benzene rings is 2. The van der Waals surface area contributed by atoms with Gasteiger partial charge >= 0.3 is 0 Å². The molecule has 1 heterocycles. The standard InChI is InChI=1S/C16H14F2O2/c1-9-2-4-12(15(18)14(9)17)16(19)11-3-5-13-10(8-11)6-7-20-13/h2-5,8,16,19H,6-7H2,1H3. The molecule has 20 heavy (non-hydrogen) atoms. The monoisotopic (exact) mass is 276 g/mol. The fourth-order valence-corrected chi connectivity index (χ4v) is 2.43. The lowest BCUT2D eigenvalue weighted by molar-refractivity contribution is 0.213. The number of hydrogen-bond acceptors (Lipinski definition) is 2. The van der Waals surface area contributed by atoms with Gasteiger partial charge in [-0.1, -0.05) is 18.2 Å². The molecule has 0 saturated carbocycles. The van der Waals surface area contributed by atoms with Crippen molar-refractivity contribution in [1.82, 2.24) is 0 Å². The fraction of sp³-hybridized carbons (Fsp3) is 0.250. The van der Waals surface area contributed by atoms with Gasteiger partial charge in [0.05, 0.1) is 6.61 Å². The Bertz CT molecular complexity index is 668. The van der Waals surface area contributed by atoms with Gasteiger partial charge < -0.3 is 9.84 Å². The third-order valence-corrected chi connectivity index (χ3v) is 3.63. The Morgan fingerprint density at radius 1 is 1.15 bits per heavy atom. The molecule has 0 aliphatic carbocycles. The number of aryl methyl sites for hydroxylation is 1. The van der Waals surface area contributed by atoms with Gasteiger partial charge in [-0.05, 0) is 35.7 Å². The molecule has 0 amide bonds. The highest BCUT2D eigenvalue weighted by atomic mass is 19.2. The highest BCUT2D eigenvalue weighted by Crippen LogP contribution is 2.32. The summed E-state index contributed by atoms with van der Waals surface area (Å²) in [5, 5.41) is 10.3. The molecule has 0 radical (unpaired) electrons. The highest BCUT2D eigenvalue weighted by molar-refractivity contribution is 5.43. The number of fused-ring (bicyclic) bond motifs is 1. The normalized spacial score (nSPS) is 14.8. The molecule has 0 fully saturated rings. The first-order chi connectivity index (χ1) is 9.58. The van der Waals surface area contributed by atoms with Crippen molar-refractivity contribution in [1.29, 1.82) is 0 Å². The lowest BCUT2D eigenvalue weighted by atomic mass is 9.97. The van der Waals surface area contributed by atoms with E-state index >= 15 is 0 Å². The smallest absolute Gasteiger partial charge is 0.165 e. The molecule has 1 aliphatic rings. The fourth-order valence-electron chi connectivity index (χ4n) is 2.43. The first-order valence-corrected chi connectivity index (χ1v) is 6.46. The number of aliphatic hydroxyl groups excluding tert-OH is 1. The van der Waals surface area contributed by atoms with Gasteiger partial charge in [-0.15, -0.1) is 0 Å². The summed E-state index contributed by atoms with van der Waals surface area (Å²) >= 11 is 0. The molecule has 1 aliphatic heterocycles. The van der Waals surface area contributed by atoms with Gasteiger partial charge in [-0.25, -0.2) is 8.78 Å². The molecular weight excluding hydrogens is 262 g/mol. The zero-order chi connectivity index (χ0) is 14.3. The van der Waals surface area contributed by atoms with Gasteiger partial charge in [-0.2, -0.15) is 0 Å². The van der Waals surface area contributed by atoms with E-state index < -0.39 is 17.7 Å². The second kappa shape index (κ2) is 4.87. The van der Waals surface area contributed by atoms with Gasteiger partial charge in [0, 0.05) is 12.0 Å². The minimum absolute atomic E-state index is 0.0491. The van der Waals surface area contributed by atoms with Crippen LogP contribution in [0.2, 0.25) is 0 Å². The van der Waals surface area contributed by atoms with Crippen molar-refractivity contribution in [3.63, 3.8) is 0 Å². The van der Waals surface area contributed by atoms with Crippen LogP contribution in [0.15, 0.2) is 30.3 Å². The van der Waals surface area contributed by atoms with Crippen molar-refractivity contribution >= 4 is 0 Å². The molecule has 0 aromatic heterocycles. The summed E-state index contributed by atoms with van der Waals surface area (Å²) in [6.07, 6.45) is -0.420. The average Bonchev–Trinajstić information content (AvgIpc) is 2.91. The summed E-state index contributed by atoms with van der Waals surface area (Å²) in [5.41, 5.74) is 1.69. The number of hydrogen-bond donors (Lipinski definition) is 1. The summed E-state index contributed by atoms with van der Waals surface area (Å²) in [4.78, 5) is 0. The Balaban J connectivity index is 2.00. The molecule has 0 bridgehead atoms. The first-order valence-electron chi connectivity index (χ1n) is 6.46. The van der Waals surface area contributed by atoms with Crippen molar-refractivity contribution < 1.29 is 18.6 Å². The van der Waals surface area contributed by atoms with Crippen LogP contribution in [-0.4, -0.2) is 11.7 Å². The maximum absolute atomic E-state index is 13.9. The quantitative estimate of drug-likeness (QED) is 0.912. The van der Waals surface area contributed by atoms with Crippen LogP contribution in [0.3, 0.4) is 0 Å². The molecule has 0 spiro atoms. The predicted octanol–water partition coefficient (Wildman–Crippen LogP) is 3.29. The summed E-state index contributed by atoms with van der Waals surface area (Å²) in [6, 6.07) is 8.09. The van der Waals surface area contributed by atoms with Crippen LogP contribution in [0, 0.1) is 18.6 Å².